The van der Waals surface area contributed by atoms with Crippen LogP contribution in [-0.2, 0) is 19.6 Å². The number of fused-ring (bicyclic) bond motifs is 1. The number of sulfonamides is 1. The third kappa shape index (κ3) is 4.82. The largest absolute Gasteiger partial charge is 0.501 e. The highest BCUT2D eigenvalue weighted by molar-refractivity contribution is 7.92. The second-order valence-electron chi connectivity index (χ2n) is 8.12. The van der Waals surface area contributed by atoms with Crippen LogP contribution >= 0.6 is 11.6 Å². The summed E-state index contributed by atoms with van der Waals surface area (Å²) in [6.45, 7) is 4.10. The van der Waals surface area contributed by atoms with E-state index in [1.807, 2.05) is 26.0 Å². The number of anilines is 1. The van der Waals surface area contributed by atoms with E-state index in [4.69, 9.17) is 16.3 Å². The number of carbonyl (C=O) groups excluding carboxylic acids is 1. The van der Waals surface area contributed by atoms with E-state index in [1.54, 1.807) is 42.5 Å². The highest BCUT2D eigenvalue weighted by Crippen LogP contribution is 2.29. The molecule has 0 spiro atoms. The van der Waals surface area contributed by atoms with Crippen molar-refractivity contribution in [3.63, 3.8) is 0 Å². The fraction of sp³-hybridized carbons (Fsp3) is 0.250. The van der Waals surface area contributed by atoms with E-state index in [0.29, 0.717) is 33.5 Å². The molecule has 0 aliphatic heterocycles. The van der Waals surface area contributed by atoms with Crippen LogP contribution in [-0.4, -0.2) is 30.9 Å². The Kier molecular flexibility index (Phi) is 6.32. The Hall–Kier alpha value is -3.10. The number of hydrogen-bond acceptors (Lipinski definition) is 5. The third-order valence-electron chi connectivity index (χ3n) is 5.46. The lowest BCUT2D eigenvalue weighted by Gasteiger charge is -2.11. The van der Waals surface area contributed by atoms with Crippen LogP contribution < -0.4 is 4.72 Å². The molecule has 1 aliphatic carbocycles. The van der Waals surface area contributed by atoms with Crippen LogP contribution in [0.25, 0.3) is 11.1 Å². The molecule has 2 aromatic heterocycles. The lowest BCUT2D eigenvalue weighted by Crippen LogP contribution is -2.15. The van der Waals surface area contributed by atoms with Gasteiger partial charge in [0.05, 0.1) is 34.7 Å². The number of halogens is 1. The summed E-state index contributed by atoms with van der Waals surface area (Å²) in [7, 11) is -2.33. The number of methoxy groups -OCH3 is 1. The molecular formula is C24H24ClN3O4S. The van der Waals surface area contributed by atoms with E-state index in [2.05, 4.69) is 9.82 Å². The molecule has 1 N–H and O–H groups in total. The highest BCUT2D eigenvalue weighted by atomic mass is 35.5. The van der Waals surface area contributed by atoms with Gasteiger partial charge in [-0.25, -0.2) is 12.9 Å². The van der Waals surface area contributed by atoms with Crippen molar-refractivity contribution in [3.05, 3.63) is 76.7 Å². The van der Waals surface area contributed by atoms with Crippen LogP contribution in [0.15, 0.2) is 65.3 Å². The number of Topliss-reactive ketones (excluding diaryl/α,β-unsaturated/α-hetero) is 1. The summed E-state index contributed by atoms with van der Waals surface area (Å²) in [4.78, 5) is 12.1. The molecule has 0 amide bonds. The maximum absolute atomic E-state index is 13.0. The van der Waals surface area contributed by atoms with Crippen LogP contribution in [0.2, 0.25) is 5.02 Å². The van der Waals surface area contributed by atoms with Gasteiger partial charge in [0.1, 0.15) is 17.4 Å². The molecule has 0 atom stereocenters. The molecule has 0 unspecified atom stereocenters. The maximum Gasteiger partial charge on any atom is 0.263 e. The average Bonchev–Trinajstić information content (AvgIpc) is 3.15. The maximum atomic E-state index is 13.0. The van der Waals surface area contributed by atoms with E-state index in [-0.39, 0.29) is 29.3 Å². The first kappa shape index (κ1) is 23.1. The van der Waals surface area contributed by atoms with Crippen molar-refractivity contribution in [1.29, 1.82) is 0 Å². The molecule has 0 bridgehead atoms. The SMILES string of the molecule is COC1=CC(c2cc3c(Cl)ccc(NS(=O)(=O)c4ccc(C(C)C)cc4)n3n2)=CCC(=O)C1. The standard InChI is InChI=1S/C24H24ClN3O4S/c1-15(2)16-5-8-20(9-6-16)33(30,31)27-24-11-10-21(25)23-14-22(26-28(23)24)17-4-7-18(29)13-19(12-17)32-3/h4-6,8-12,14-15,27H,7,13H2,1-3H3. The number of rotatable bonds is 6. The van der Waals surface area contributed by atoms with Crippen molar-refractivity contribution >= 4 is 44.3 Å². The summed E-state index contributed by atoms with van der Waals surface area (Å²) in [5.41, 5.74) is 2.84. The van der Waals surface area contributed by atoms with Crippen molar-refractivity contribution in [2.45, 2.75) is 37.5 Å². The normalized spacial score (nSPS) is 14.8. The van der Waals surface area contributed by atoms with E-state index in [1.165, 1.54) is 11.6 Å². The van der Waals surface area contributed by atoms with Crippen molar-refractivity contribution in [2.75, 3.05) is 11.8 Å². The fourth-order valence-electron chi connectivity index (χ4n) is 3.57. The minimum Gasteiger partial charge on any atom is -0.501 e. The predicted molar refractivity (Wildman–Crippen MR) is 129 cm³/mol. The number of ketones is 1. The molecule has 7 nitrogen and oxygen atoms in total. The van der Waals surface area contributed by atoms with E-state index in [0.717, 1.165) is 5.56 Å². The quantitative estimate of drug-likeness (QED) is 0.519. The first-order chi connectivity index (χ1) is 15.7. The third-order valence-corrected chi connectivity index (χ3v) is 7.15. The van der Waals surface area contributed by atoms with Gasteiger partial charge in [-0.3, -0.25) is 9.52 Å². The Labute approximate surface area is 197 Å². The molecule has 0 fully saturated rings. The number of aromatic nitrogens is 2. The van der Waals surface area contributed by atoms with Gasteiger partial charge in [-0.2, -0.15) is 5.10 Å². The average molecular weight is 486 g/mol. The van der Waals surface area contributed by atoms with Crippen molar-refractivity contribution < 1.29 is 17.9 Å². The molecule has 1 aliphatic rings. The minimum atomic E-state index is -3.85. The van der Waals surface area contributed by atoms with Crippen LogP contribution in [0.4, 0.5) is 5.82 Å². The number of pyridine rings is 1. The summed E-state index contributed by atoms with van der Waals surface area (Å²) >= 11 is 6.38. The first-order valence-corrected chi connectivity index (χ1v) is 12.3. The van der Waals surface area contributed by atoms with Crippen LogP contribution in [0.3, 0.4) is 0 Å². The summed E-state index contributed by atoms with van der Waals surface area (Å²) in [6, 6.07) is 11.7. The van der Waals surface area contributed by atoms with E-state index in [9.17, 15) is 13.2 Å². The Morgan fingerprint density at radius 1 is 1.15 bits per heavy atom. The predicted octanol–water partition coefficient (Wildman–Crippen LogP) is 5.19. The van der Waals surface area contributed by atoms with Crippen LogP contribution in [0.1, 0.15) is 43.9 Å². The highest BCUT2D eigenvalue weighted by Gasteiger charge is 2.20. The molecule has 9 heteroatoms. The number of carbonyl (C=O) groups is 1. The summed E-state index contributed by atoms with van der Waals surface area (Å²) in [6.07, 6.45) is 4.02. The van der Waals surface area contributed by atoms with Gasteiger partial charge in [-0.15, -0.1) is 0 Å². The first-order valence-electron chi connectivity index (χ1n) is 10.5. The Morgan fingerprint density at radius 3 is 2.55 bits per heavy atom. The van der Waals surface area contributed by atoms with Crippen LogP contribution in [0, 0.1) is 0 Å². The van der Waals surface area contributed by atoms with Gasteiger partial charge < -0.3 is 4.74 Å². The fourth-order valence-corrected chi connectivity index (χ4v) is 4.81. The zero-order valence-corrected chi connectivity index (χ0v) is 20.1. The van der Waals surface area contributed by atoms with Crippen molar-refractivity contribution in [1.82, 2.24) is 9.61 Å². The molecule has 172 valence electrons. The molecule has 0 radical (unpaired) electrons. The lowest BCUT2D eigenvalue weighted by atomic mass is 10.0. The van der Waals surface area contributed by atoms with Gasteiger partial charge in [0, 0.05) is 12.0 Å². The topological polar surface area (TPSA) is 89.8 Å². The second kappa shape index (κ2) is 9.03. The van der Waals surface area contributed by atoms with Crippen molar-refractivity contribution in [2.24, 2.45) is 0 Å². The number of nitrogens with one attached hydrogen (secondary N) is 1. The molecule has 0 saturated heterocycles. The van der Waals surface area contributed by atoms with E-state index >= 15 is 0 Å². The summed E-state index contributed by atoms with van der Waals surface area (Å²) < 4.78 is 35.4. The molecular weight excluding hydrogens is 462 g/mol. The molecule has 33 heavy (non-hydrogen) atoms. The van der Waals surface area contributed by atoms with Gasteiger partial charge >= 0.3 is 0 Å². The lowest BCUT2D eigenvalue weighted by molar-refractivity contribution is -0.118. The molecule has 1 aromatic carbocycles. The van der Waals surface area contributed by atoms with Gasteiger partial charge in [-0.05, 0) is 47.9 Å². The Balaban J connectivity index is 1.73. The van der Waals surface area contributed by atoms with Gasteiger partial charge in [-0.1, -0.05) is 43.7 Å². The Morgan fingerprint density at radius 2 is 1.88 bits per heavy atom. The zero-order chi connectivity index (χ0) is 23.8. The number of allylic oxidation sites excluding steroid dienone is 4. The number of nitrogens with zero attached hydrogens (tertiary/aromatic N) is 2. The second-order valence-corrected chi connectivity index (χ2v) is 10.2. The van der Waals surface area contributed by atoms with E-state index < -0.39 is 10.0 Å². The monoisotopic (exact) mass is 485 g/mol. The summed E-state index contributed by atoms with van der Waals surface area (Å²) in [5, 5.41) is 4.99. The van der Waals surface area contributed by atoms with Gasteiger partial charge in [0.2, 0.25) is 0 Å². The Bertz CT molecular complexity index is 1390. The summed E-state index contributed by atoms with van der Waals surface area (Å²) in [5.74, 6) is 1.12. The number of benzene rings is 1. The van der Waals surface area contributed by atoms with Crippen LogP contribution in [0.5, 0.6) is 0 Å². The smallest absolute Gasteiger partial charge is 0.263 e. The molecule has 0 saturated carbocycles. The number of hydrogen-bond donors (Lipinski definition) is 1. The van der Waals surface area contributed by atoms with Crippen molar-refractivity contribution in [3.8, 4) is 0 Å². The zero-order valence-electron chi connectivity index (χ0n) is 18.5. The van der Waals surface area contributed by atoms with Gasteiger partial charge in [0.15, 0.2) is 0 Å². The number of ether oxygens (including phenoxy) is 1. The minimum absolute atomic E-state index is 0.0387. The molecule has 4 rings (SSSR count). The molecule has 3 aromatic rings. The molecule has 2 heterocycles. The van der Waals surface area contributed by atoms with Gasteiger partial charge in [0.25, 0.3) is 10.0 Å².